The van der Waals surface area contributed by atoms with Crippen LogP contribution in [0.2, 0.25) is 0 Å². The lowest BCUT2D eigenvalue weighted by atomic mass is 9.53. The third kappa shape index (κ3) is 3.20. The van der Waals surface area contributed by atoms with Gasteiger partial charge < -0.3 is 5.32 Å². The first-order valence-corrected chi connectivity index (χ1v) is 10.6. The number of aryl methyl sites for hydroxylation is 1. The molecule has 1 amide bonds. The first-order chi connectivity index (χ1) is 13.1. The van der Waals surface area contributed by atoms with Crippen LogP contribution in [0.15, 0.2) is 48.5 Å². The van der Waals surface area contributed by atoms with E-state index in [9.17, 15) is 4.79 Å². The Bertz CT molecular complexity index is 798. The summed E-state index contributed by atoms with van der Waals surface area (Å²) in [5.74, 6) is 2.67. The minimum absolute atomic E-state index is 0.0838. The summed E-state index contributed by atoms with van der Waals surface area (Å²) in [7, 11) is 0. The van der Waals surface area contributed by atoms with Gasteiger partial charge in [0.2, 0.25) is 0 Å². The molecule has 4 aliphatic carbocycles. The Morgan fingerprint density at radius 1 is 0.852 bits per heavy atom. The van der Waals surface area contributed by atoms with Crippen molar-refractivity contribution in [3.63, 3.8) is 0 Å². The van der Waals surface area contributed by atoms with E-state index in [4.69, 9.17) is 0 Å². The molecular formula is C25H29NO. The summed E-state index contributed by atoms with van der Waals surface area (Å²) in [5.41, 5.74) is 4.61. The zero-order chi connectivity index (χ0) is 18.4. The second-order valence-electron chi connectivity index (χ2n) is 9.28. The first-order valence-electron chi connectivity index (χ1n) is 10.6. The minimum atomic E-state index is 0.0838. The zero-order valence-electron chi connectivity index (χ0n) is 16.2. The summed E-state index contributed by atoms with van der Waals surface area (Å²) < 4.78 is 0. The topological polar surface area (TPSA) is 29.1 Å². The maximum absolute atomic E-state index is 12.9. The fraction of sp³-hybridized carbons (Fsp3) is 0.480. The highest BCUT2D eigenvalue weighted by molar-refractivity contribution is 5.95. The Morgan fingerprint density at radius 2 is 1.33 bits per heavy atom. The lowest BCUT2D eigenvalue weighted by Gasteiger charge is -2.56. The van der Waals surface area contributed by atoms with Crippen LogP contribution < -0.4 is 5.32 Å². The number of hydrogen-bond acceptors (Lipinski definition) is 1. The number of carbonyl (C=O) groups excluding carboxylic acids is 1. The van der Waals surface area contributed by atoms with Crippen LogP contribution in [0.3, 0.4) is 0 Å². The van der Waals surface area contributed by atoms with Crippen molar-refractivity contribution in [3.05, 3.63) is 59.7 Å². The standard InChI is InChI=1S/C25H29NO/c1-2-17-3-5-21(6-4-17)22-7-9-23(10-8-22)24(27)26-25-14-18-11-19(15-25)13-20(12-18)16-25/h3-10,18-20H,2,11-16H2,1H3,(H,26,27). The molecular weight excluding hydrogens is 330 g/mol. The molecule has 1 N–H and O–H groups in total. The van der Waals surface area contributed by atoms with Gasteiger partial charge in [-0.2, -0.15) is 0 Å². The van der Waals surface area contributed by atoms with Gasteiger partial charge in [0.1, 0.15) is 0 Å². The average Bonchev–Trinajstić information content (AvgIpc) is 2.67. The minimum Gasteiger partial charge on any atom is -0.347 e. The molecule has 0 heterocycles. The SMILES string of the molecule is CCc1ccc(-c2ccc(C(=O)NC34CC5CC(CC(C5)C3)C4)cc2)cc1. The molecule has 0 unspecified atom stereocenters. The molecule has 0 atom stereocenters. The quantitative estimate of drug-likeness (QED) is 0.755. The average molecular weight is 360 g/mol. The van der Waals surface area contributed by atoms with Gasteiger partial charge in [0, 0.05) is 11.1 Å². The molecule has 0 saturated heterocycles. The van der Waals surface area contributed by atoms with Crippen LogP contribution in [-0.2, 0) is 6.42 Å². The molecule has 2 aromatic carbocycles. The van der Waals surface area contributed by atoms with Gasteiger partial charge >= 0.3 is 0 Å². The van der Waals surface area contributed by atoms with Gasteiger partial charge in [0.15, 0.2) is 0 Å². The number of rotatable bonds is 4. The van der Waals surface area contributed by atoms with Gasteiger partial charge in [0.25, 0.3) is 5.91 Å². The van der Waals surface area contributed by atoms with Crippen LogP contribution in [0, 0.1) is 17.8 Å². The number of nitrogens with one attached hydrogen (secondary N) is 1. The maximum Gasteiger partial charge on any atom is 0.251 e. The molecule has 0 radical (unpaired) electrons. The summed E-state index contributed by atoms with van der Waals surface area (Å²) in [5, 5.41) is 3.48. The van der Waals surface area contributed by atoms with E-state index in [-0.39, 0.29) is 11.4 Å². The van der Waals surface area contributed by atoms with Gasteiger partial charge in [-0.1, -0.05) is 43.3 Å². The molecule has 0 spiro atoms. The lowest BCUT2D eigenvalue weighted by molar-refractivity contribution is -0.0167. The number of benzene rings is 2. The molecule has 0 aromatic heterocycles. The molecule has 140 valence electrons. The van der Waals surface area contributed by atoms with Gasteiger partial charge in [-0.05, 0) is 91.5 Å². The Balaban J connectivity index is 1.31. The summed E-state index contributed by atoms with van der Waals surface area (Å²) in [4.78, 5) is 12.9. The first kappa shape index (κ1) is 17.0. The number of amides is 1. The Labute approximate surface area is 162 Å². The highest BCUT2D eigenvalue weighted by Crippen LogP contribution is 2.55. The van der Waals surface area contributed by atoms with Crippen molar-refractivity contribution in [1.82, 2.24) is 5.32 Å². The van der Waals surface area contributed by atoms with Gasteiger partial charge in [-0.3, -0.25) is 4.79 Å². The molecule has 2 nitrogen and oxygen atoms in total. The molecule has 2 aromatic rings. The normalized spacial score (nSPS) is 31.1. The van der Waals surface area contributed by atoms with E-state index in [1.54, 1.807) is 0 Å². The third-order valence-electron chi connectivity index (χ3n) is 7.26. The lowest BCUT2D eigenvalue weighted by Crippen LogP contribution is -2.59. The summed E-state index contributed by atoms with van der Waals surface area (Å²) in [6.45, 7) is 2.17. The summed E-state index contributed by atoms with van der Waals surface area (Å²) >= 11 is 0. The van der Waals surface area contributed by atoms with E-state index < -0.39 is 0 Å². The van der Waals surface area contributed by atoms with Crippen molar-refractivity contribution in [2.45, 2.75) is 57.4 Å². The molecule has 4 saturated carbocycles. The molecule has 2 heteroatoms. The second kappa shape index (κ2) is 6.51. The van der Waals surface area contributed by atoms with E-state index in [1.165, 1.54) is 55.2 Å². The van der Waals surface area contributed by atoms with Gasteiger partial charge in [-0.25, -0.2) is 0 Å². The van der Waals surface area contributed by atoms with Gasteiger partial charge in [0.05, 0.1) is 0 Å². The predicted molar refractivity (Wildman–Crippen MR) is 110 cm³/mol. The highest BCUT2D eigenvalue weighted by Gasteiger charge is 2.51. The largest absolute Gasteiger partial charge is 0.347 e. The molecule has 0 aliphatic heterocycles. The molecule has 4 aliphatic rings. The van der Waals surface area contributed by atoms with Crippen molar-refractivity contribution in [3.8, 4) is 11.1 Å². The summed E-state index contributed by atoms with van der Waals surface area (Å²) in [6.07, 6.45) is 8.87. The van der Waals surface area contributed by atoms with Crippen molar-refractivity contribution < 1.29 is 4.79 Å². The van der Waals surface area contributed by atoms with Crippen LogP contribution in [-0.4, -0.2) is 11.4 Å². The predicted octanol–water partition coefficient (Wildman–Crippen LogP) is 5.61. The van der Waals surface area contributed by atoms with Crippen LogP contribution >= 0.6 is 0 Å². The van der Waals surface area contributed by atoms with E-state index in [0.29, 0.717) is 0 Å². The van der Waals surface area contributed by atoms with Crippen molar-refractivity contribution in [2.24, 2.45) is 17.8 Å². The van der Waals surface area contributed by atoms with E-state index in [0.717, 1.165) is 29.7 Å². The van der Waals surface area contributed by atoms with Crippen LogP contribution in [0.4, 0.5) is 0 Å². The Morgan fingerprint density at radius 3 is 1.81 bits per heavy atom. The fourth-order valence-corrected chi connectivity index (χ4v) is 6.32. The highest BCUT2D eigenvalue weighted by atomic mass is 16.1. The Hall–Kier alpha value is -2.09. The van der Waals surface area contributed by atoms with E-state index in [2.05, 4.69) is 48.6 Å². The van der Waals surface area contributed by atoms with E-state index in [1.807, 2.05) is 12.1 Å². The van der Waals surface area contributed by atoms with Crippen molar-refractivity contribution in [1.29, 1.82) is 0 Å². The molecule has 6 rings (SSSR count). The smallest absolute Gasteiger partial charge is 0.251 e. The molecule has 4 fully saturated rings. The van der Waals surface area contributed by atoms with Crippen LogP contribution in [0.5, 0.6) is 0 Å². The Kier molecular flexibility index (Phi) is 4.11. The van der Waals surface area contributed by atoms with Crippen molar-refractivity contribution in [2.75, 3.05) is 0 Å². The van der Waals surface area contributed by atoms with Crippen LogP contribution in [0.1, 0.15) is 61.4 Å². The summed E-state index contributed by atoms with van der Waals surface area (Å²) in [6, 6.07) is 16.8. The van der Waals surface area contributed by atoms with Gasteiger partial charge in [-0.15, -0.1) is 0 Å². The maximum atomic E-state index is 12.9. The monoisotopic (exact) mass is 359 g/mol. The number of carbonyl (C=O) groups is 1. The van der Waals surface area contributed by atoms with Crippen LogP contribution in [0.25, 0.3) is 11.1 Å². The molecule has 27 heavy (non-hydrogen) atoms. The fourth-order valence-electron chi connectivity index (χ4n) is 6.32. The second-order valence-corrected chi connectivity index (χ2v) is 9.28. The molecule has 4 bridgehead atoms. The third-order valence-corrected chi connectivity index (χ3v) is 7.26. The zero-order valence-corrected chi connectivity index (χ0v) is 16.2. The van der Waals surface area contributed by atoms with E-state index >= 15 is 0 Å². The number of hydrogen-bond donors (Lipinski definition) is 1. The van der Waals surface area contributed by atoms with Crippen molar-refractivity contribution >= 4 is 5.91 Å².